The van der Waals surface area contributed by atoms with Crippen LogP contribution in [0.1, 0.15) is 16.4 Å². The number of aromatic nitrogens is 3. The number of amides is 2. The maximum atomic E-state index is 12.2. The number of nitrogens with zero attached hydrogens (tertiary/aromatic N) is 3. The third-order valence-electron chi connectivity index (χ3n) is 4.90. The summed E-state index contributed by atoms with van der Waals surface area (Å²) in [5, 5.41) is 8.27. The van der Waals surface area contributed by atoms with E-state index in [-0.39, 0.29) is 0 Å². The summed E-state index contributed by atoms with van der Waals surface area (Å²) >= 11 is 1.59. The Morgan fingerprint density at radius 1 is 1.03 bits per heavy atom. The summed E-state index contributed by atoms with van der Waals surface area (Å²) in [6.07, 6.45) is 4.18. The Kier molecular flexibility index (Phi) is 6.72. The Labute approximate surface area is 190 Å². The molecule has 0 atom stereocenters. The third-order valence-corrected chi connectivity index (χ3v) is 5.67. The zero-order chi connectivity index (χ0) is 22.3. The molecule has 7 nitrogen and oxygen atoms in total. The summed E-state index contributed by atoms with van der Waals surface area (Å²) in [5.74, 6) is -0.525. The molecule has 0 saturated carbocycles. The molecule has 0 aliphatic carbocycles. The molecule has 0 aliphatic heterocycles. The molecule has 0 saturated heterocycles. The molecule has 32 heavy (non-hydrogen) atoms. The van der Waals surface area contributed by atoms with E-state index in [0.29, 0.717) is 25.2 Å². The molecule has 2 heterocycles. The normalized spacial score (nSPS) is 10.7. The van der Waals surface area contributed by atoms with Gasteiger partial charge in [-0.05, 0) is 24.6 Å². The number of anilines is 1. The largest absolute Gasteiger partial charge is 0.347 e. The zero-order valence-corrected chi connectivity index (χ0v) is 18.4. The lowest BCUT2D eigenvalue weighted by Crippen LogP contribution is -2.36. The van der Waals surface area contributed by atoms with Gasteiger partial charge in [0, 0.05) is 48.5 Å². The third kappa shape index (κ3) is 5.47. The van der Waals surface area contributed by atoms with Crippen LogP contribution in [0.4, 0.5) is 5.69 Å². The van der Waals surface area contributed by atoms with Crippen LogP contribution in [0.15, 0.2) is 72.4 Å². The minimum absolute atomic E-state index is 0.320. The van der Waals surface area contributed by atoms with Gasteiger partial charge >= 0.3 is 11.8 Å². The standard InChI is InChI=1S/C24H23N5O2S/c1-17-27-21(16-32-17)19-7-9-20(10-8-19)28-24(31)23(30)26-12-11-22-25-13-14-29(22)15-18-5-3-2-4-6-18/h2-10,13-14,16H,11-12,15H2,1H3,(H,26,30)(H,28,31). The minimum atomic E-state index is -0.699. The Bertz CT molecular complexity index is 1200. The van der Waals surface area contributed by atoms with Gasteiger partial charge in [0.05, 0.1) is 10.7 Å². The Balaban J connectivity index is 1.26. The van der Waals surface area contributed by atoms with Gasteiger partial charge in [0.1, 0.15) is 5.82 Å². The summed E-state index contributed by atoms with van der Waals surface area (Å²) in [7, 11) is 0. The molecule has 0 fully saturated rings. The minimum Gasteiger partial charge on any atom is -0.347 e. The van der Waals surface area contributed by atoms with Crippen molar-refractivity contribution in [1.82, 2.24) is 19.9 Å². The van der Waals surface area contributed by atoms with E-state index in [0.717, 1.165) is 22.1 Å². The first-order chi connectivity index (χ1) is 15.6. The SMILES string of the molecule is Cc1nc(-c2ccc(NC(=O)C(=O)NCCc3nccn3Cc3ccccc3)cc2)cs1. The molecule has 162 valence electrons. The van der Waals surface area contributed by atoms with Crippen molar-refractivity contribution in [2.75, 3.05) is 11.9 Å². The van der Waals surface area contributed by atoms with Crippen LogP contribution in [-0.4, -0.2) is 32.9 Å². The zero-order valence-electron chi connectivity index (χ0n) is 17.6. The lowest BCUT2D eigenvalue weighted by Gasteiger charge is -2.09. The van der Waals surface area contributed by atoms with Crippen LogP contribution in [0, 0.1) is 6.92 Å². The molecule has 2 N–H and O–H groups in total. The topological polar surface area (TPSA) is 88.9 Å². The van der Waals surface area contributed by atoms with Gasteiger partial charge in [0.2, 0.25) is 0 Å². The summed E-state index contributed by atoms with van der Waals surface area (Å²) in [5.41, 5.74) is 3.59. The fourth-order valence-electron chi connectivity index (χ4n) is 3.27. The van der Waals surface area contributed by atoms with Crippen molar-refractivity contribution in [3.63, 3.8) is 0 Å². The molecule has 2 aromatic carbocycles. The number of aryl methyl sites for hydroxylation is 1. The van der Waals surface area contributed by atoms with Gasteiger partial charge in [0.15, 0.2) is 0 Å². The number of hydrogen-bond acceptors (Lipinski definition) is 5. The molecule has 0 radical (unpaired) electrons. The highest BCUT2D eigenvalue weighted by atomic mass is 32.1. The highest BCUT2D eigenvalue weighted by Gasteiger charge is 2.14. The number of thiazole rings is 1. The number of nitrogens with one attached hydrogen (secondary N) is 2. The van der Waals surface area contributed by atoms with Gasteiger partial charge in [0.25, 0.3) is 0 Å². The maximum Gasteiger partial charge on any atom is 0.313 e. The average Bonchev–Trinajstić information content (AvgIpc) is 3.44. The quantitative estimate of drug-likeness (QED) is 0.425. The molecular weight excluding hydrogens is 422 g/mol. The predicted molar refractivity (Wildman–Crippen MR) is 125 cm³/mol. The van der Waals surface area contributed by atoms with E-state index in [1.54, 1.807) is 29.7 Å². The maximum absolute atomic E-state index is 12.2. The molecular formula is C24H23N5O2S. The van der Waals surface area contributed by atoms with Crippen molar-refractivity contribution >= 4 is 28.8 Å². The molecule has 2 aromatic heterocycles. The number of carbonyl (C=O) groups is 2. The van der Waals surface area contributed by atoms with Crippen LogP contribution >= 0.6 is 11.3 Å². The Morgan fingerprint density at radius 3 is 2.53 bits per heavy atom. The second-order valence-corrected chi connectivity index (χ2v) is 8.31. The van der Waals surface area contributed by atoms with E-state index in [9.17, 15) is 9.59 Å². The number of hydrogen-bond donors (Lipinski definition) is 2. The molecule has 2 amide bonds. The Morgan fingerprint density at radius 2 is 1.81 bits per heavy atom. The van der Waals surface area contributed by atoms with Crippen molar-refractivity contribution in [3.8, 4) is 11.3 Å². The van der Waals surface area contributed by atoms with Crippen LogP contribution in [0.25, 0.3) is 11.3 Å². The van der Waals surface area contributed by atoms with Crippen LogP contribution < -0.4 is 10.6 Å². The van der Waals surface area contributed by atoms with Crippen LogP contribution in [0.5, 0.6) is 0 Å². The molecule has 4 aromatic rings. The van der Waals surface area contributed by atoms with Crippen molar-refractivity contribution in [2.24, 2.45) is 0 Å². The number of benzene rings is 2. The van der Waals surface area contributed by atoms with E-state index < -0.39 is 11.8 Å². The second-order valence-electron chi connectivity index (χ2n) is 7.25. The lowest BCUT2D eigenvalue weighted by atomic mass is 10.1. The van der Waals surface area contributed by atoms with Crippen LogP contribution in [-0.2, 0) is 22.6 Å². The first kappa shape index (κ1) is 21.5. The van der Waals surface area contributed by atoms with Gasteiger partial charge in [-0.15, -0.1) is 11.3 Å². The fourth-order valence-corrected chi connectivity index (χ4v) is 3.89. The Hall–Kier alpha value is -3.78. The first-order valence-corrected chi connectivity index (χ1v) is 11.1. The average molecular weight is 446 g/mol. The van der Waals surface area contributed by atoms with E-state index in [1.165, 1.54) is 5.56 Å². The molecule has 0 unspecified atom stereocenters. The summed E-state index contributed by atoms with van der Waals surface area (Å²) in [6.45, 7) is 2.99. The van der Waals surface area contributed by atoms with Crippen LogP contribution in [0.3, 0.4) is 0 Å². The van der Waals surface area contributed by atoms with Crippen molar-refractivity contribution < 1.29 is 9.59 Å². The van der Waals surface area contributed by atoms with E-state index >= 15 is 0 Å². The smallest absolute Gasteiger partial charge is 0.313 e. The van der Waals surface area contributed by atoms with Crippen molar-refractivity contribution in [3.05, 3.63) is 88.8 Å². The highest BCUT2D eigenvalue weighted by molar-refractivity contribution is 7.09. The fraction of sp³-hybridized carbons (Fsp3) is 0.167. The van der Waals surface area contributed by atoms with Gasteiger partial charge in [-0.25, -0.2) is 9.97 Å². The summed E-state index contributed by atoms with van der Waals surface area (Å²) < 4.78 is 2.03. The monoisotopic (exact) mass is 445 g/mol. The number of rotatable bonds is 7. The molecule has 0 bridgehead atoms. The number of imidazole rings is 1. The van der Waals surface area contributed by atoms with E-state index in [2.05, 4.69) is 32.7 Å². The van der Waals surface area contributed by atoms with Crippen molar-refractivity contribution in [1.29, 1.82) is 0 Å². The summed E-state index contributed by atoms with van der Waals surface area (Å²) in [4.78, 5) is 33.2. The summed E-state index contributed by atoms with van der Waals surface area (Å²) in [6, 6.07) is 17.3. The molecule has 8 heteroatoms. The number of carbonyl (C=O) groups excluding carboxylic acids is 2. The van der Waals surface area contributed by atoms with E-state index in [1.807, 2.05) is 53.4 Å². The van der Waals surface area contributed by atoms with Crippen molar-refractivity contribution in [2.45, 2.75) is 19.9 Å². The lowest BCUT2D eigenvalue weighted by molar-refractivity contribution is -0.136. The van der Waals surface area contributed by atoms with Gasteiger partial charge in [-0.3, -0.25) is 9.59 Å². The second kappa shape index (κ2) is 10.0. The van der Waals surface area contributed by atoms with Crippen LogP contribution in [0.2, 0.25) is 0 Å². The van der Waals surface area contributed by atoms with Gasteiger partial charge in [-0.2, -0.15) is 0 Å². The predicted octanol–water partition coefficient (Wildman–Crippen LogP) is 3.66. The highest BCUT2D eigenvalue weighted by Crippen LogP contribution is 2.23. The molecule has 4 rings (SSSR count). The van der Waals surface area contributed by atoms with Gasteiger partial charge < -0.3 is 15.2 Å². The molecule has 0 aliphatic rings. The first-order valence-electron chi connectivity index (χ1n) is 10.2. The molecule has 0 spiro atoms. The van der Waals surface area contributed by atoms with Gasteiger partial charge in [-0.1, -0.05) is 42.5 Å². The van der Waals surface area contributed by atoms with E-state index in [4.69, 9.17) is 0 Å².